The molecule has 1 aliphatic heterocycles. The van der Waals surface area contributed by atoms with Gasteiger partial charge in [-0.1, -0.05) is 11.6 Å². The molecule has 1 aliphatic rings. The van der Waals surface area contributed by atoms with Crippen LogP contribution in [0.1, 0.15) is 5.56 Å². The molecular weight excluding hydrogens is 260 g/mol. The van der Waals surface area contributed by atoms with Crippen LogP contribution >= 0.6 is 11.6 Å². The minimum absolute atomic E-state index is 0.0784. The highest BCUT2D eigenvalue weighted by Crippen LogP contribution is 2.26. The summed E-state index contributed by atoms with van der Waals surface area (Å²) in [7, 11) is 0. The minimum Gasteiger partial charge on any atom is -0.465 e. The van der Waals surface area contributed by atoms with Crippen molar-refractivity contribution in [3.8, 4) is 0 Å². The largest absolute Gasteiger partial charge is 0.465 e. The number of rotatable bonds is 3. The Morgan fingerprint density at radius 2 is 2.33 bits per heavy atom. The summed E-state index contributed by atoms with van der Waals surface area (Å²) in [4.78, 5) is 23.4. The number of nitrogens with zero attached hydrogens (tertiary/aromatic N) is 1. The third kappa shape index (κ3) is 2.65. The third-order valence-electron chi connectivity index (χ3n) is 2.52. The summed E-state index contributed by atoms with van der Waals surface area (Å²) in [6.45, 7) is 0.850. The Kier molecular flexibility index (Phi) is 3.57. The van der Waals surface area contributed by atoms with Crippen LogP contribution in [0.4, 0.5) is 15.3 Å². The van der Waals surface area contributed by atoms with Crippen molar-refractivity contribution in [1.82, 2.24) is 5.32 Å². The van der Waals surface area contributed by atoms with Gasteiger partial charge in [0.15, 0.2) is 0 Å². The fourth-order valence-electron chi connectivity index (χ4n) is 1.74. The van der Waals surface area contributed by atoms with Crippen LogP contribution in [0.3, 0.4) is 0 Å². The molecule has 1 fully saturated rings. The quantitative estimate of drug-likeness (QED) is 0.881. The number of hydrogen-bond donors (Lipinski definition) is 2. The van der Waals surface area contributed by atoms with E-state index in [0.29, 0.717) is 29.4 Å². The number of nitrogens with one attached hydrogen (secondary N) is 1. The summed E-state index contributed by atoms with van der Waals surface area (Å²) >= 11 is 5.87. The molecular formula is C11H11ClN2O4. The summed E-state index contributed by atoms with van der Waals surface area (Å²) < 4.78 is 4.85. The Morgan fingerprint density at radius 1 is 1.56 bits per heavy atom. The predicted octanol–water partition coefficient (Wildman–Crippen LogP) is 2.06. The van der Waals surface area contributed by atoms with E-state index in [9.17, 15) is 9.59 Å². The van der Waals surface area contributed by atoms with Gasteiger partial charge < -0.3 is 15.2 Å². The highest BCUT2D eigenvalue weighted by atomic mass is 35.5. The summed E-state index contributed by atoms with van der Waals surface area (Å²) in [5, 5.41) is 11.3. The highest BCUT2D eigenvalue weighted by Gasteiger charge is 2.25. The van der Waals surface area contributed by atoms with E-state index in [-0.39, 0.29) is 6.54 Å². The molecule has 1 heterocycles. The molecule has 1 aromatic carbocycles. The van der Waals surface area contributed by atoms with Crippen molar-refractivity contribution in [2.75, 3.05) is 18.1 Å². The Labute approximate surface area is 108 Å². The lowest BCUT2D eigenvalue weighted by Gasteiger charge is -2.17. The van der Waals surface area contributed by atoms with Crippen LogP contribution in [0.25, 0.3) is 0 Å². The van der Waals surface area contributed by atoms with E-state index >= 15 is 0 Å². The second-order valence-corrected chi connectivity index (χ2v) is 4.13. The van der Waals surface area contributed by atoms with E-state index in [1.54, 1.807) is 18.2 Å². The number of cyclic esters (lactones) is 1. The molecule has 0 radical (unpaired) electrons. The first kappa shape index (κ1) is 12.5. The van der Waals surface area contributed by atoms with Gasteiger partial charge in [-0.2, -0.15) is 0 Å². The van der Waals surface area contributed by atoms with Gasteiger partial charge in [0.1, 0.15) is 6.61 Å². The predicted molar refractivity (Wildman–Crippen MR) is 65.0 cm³/mol. The van der Waals surface area contributed by atoms with Crippen LogP contribution in [0, 0.1) is 0 Å². The standard InChI is InChI=1S/C11H11ClN2O4/c12-8-1-2-9(14-3-4-18-11(14)17)7(5-8)6-13-10(15)16/h1-2,5,13H,3-4,6H2,(H,15,16). The number of hydrogen-bond acceptors (Lipinski definition) is 3. The van der Waals surface area contributed by atoms with Gasteiger partial charge in [-0.15, -0.1) is 0 Å². The molecule has 0 unspecified atom stereocenters. The van der Waals surface area contributed by atoms with E-state index < -0.39 is 12.2 Å². The maximum atomic E-state index is 11.5. The van der Waals surface area contributed by atoms with Crippen LogP contribution < -0.4 is 10.2 Å². The van der Waals surface area contributed by atoms with Crippen LogP contribution in [-0.2, 0) is 11.3 Å². The summed E-state index contributed by atoms with van der Waals surface area (Å²) in [5.74, 6) is 0. The van der Waals surface area contributed by atoms with Gasteiger partial charge in [0.2, 0.25) is 0 Å². The van der Waals surface area contributed by atoms with Gasteiger partial charge in [0.05, 0.1) is 12.2 Å². The molecule has 96 valence electrons. The molecule has 0 aliphatic carbocycles. The van der Waals surface area contributed by atoms with Crippen LogP contribution in [0.15, 0.2) is 18.2 Å². The molecule has 0 spiro atoms. The highest BCUT2D eigenvalue weighted by molar-refractivity contribution is 6.30. The molecule has 18 heavy (non-hydrogen) atoms. The molecule has 2 rings (SSSR count). The van der Waals surface area contributed by atoms with Crippen molar-refractivity contribution in [1.29, 1.82) is 0 Å². The topological polar surface area (TPSA) is 78.9 Å². The molecule has 2 amide bonds. The van der Waals surface area contributed by atoms with Crippen molar-refractivity contribution < 1.29 is 19.4 Å². The molecule has 2 N–H and O–H groups in total. The van der Waals surface area contributed by atoms with Gasteiger partial charge in [-0.05, 0) is 23.8 Å². The monoisotopic (exact) mass is 270 g/mol. The number of carboxylic acid groups (broad SMARTS) is 1. The van der Waals surface area contributed by atoms with Crippen LogP contribution in [0.5, 0.6) is 0 Å². The van der Waals surface area contributed by atoms with E-state index in [1.807, 2.05) is 0 Å². The van der Waals surface area contributed by atoms with Crippen LogP contribution in [0.2, 0.25) is 5.02 Å². The average molecular weight is 271 g/mol. The summed E-state index contributed by atoms with van der Waals surface area (Å²) in [6, 6.07) is 4.94. The minimum atomic E-state index is -1.13. The zero-order valence-electron chi connectivity index (χ0n) is 9.35. The number of halogens is 1. The maximum absolute atomic E-state index is 11.5. The molecule has 0 bridgehead atoms. The van der Waals surface area contributed by atoms with Crippen molar-refractivity contribution in [2.45, 2.75) is 6.54 Å². The molecule has 7 heteroatoms. The second kappa shape index (κ2) is 5.14. The fraction of sp³-hybridized carbons (Fsp3) is 0.273. The van der Waals surface area contributed by atoms with E-state index in [4.69, 9.17) is 21.4 Å². The summed E-state index contributed by atoms with van der Waals surface area (Å²) in [5.41, 5.74) is 1.24. The number of carbonyl (C=O) groups excluding carboxylic acids is 1. The van der Waals surface area contributed by atoms with Gasteiger partial charge in [0, 0.05) is 11.6 Å². The van der Waals surface area contributed by atoms with Gasteiger partial charge in [0.25, 0.3) is 0 Å². The normalized spacial score (nSPS) is 14.5. The third-order valence-corrected chi connectivity index (χ3v) is 2.76. The maximum Gasteiger partial charge on any atom is 0.414 e. The van der Waals surface area contributed by atoms with E-state index in [1.165, 1.54) is 4.90 Å². The van der Waals surface area contributed by atoms with Crippen molar-refractivity contribution in [3.05, 3.63) is 28.8 Å². The lowest BCUT2D eigenvalue weighted by Crippen LogP contribution is -2.27. The van der Waals surface area contributed by atoms with Gasteiger partial charge >= 0.3 is 12.2 Å². The first-order chi connectivity index (χ1) is 8.58. The average Bonchev–Trinajstić information content (AvgIpc) is 2.73. The van der Waals surface area contributed by atoms with Gasteiger partial charge in [-0.25, -0.2) is 9.59 Å². The number of amides is 2. The molecule has 0 aromatic heterocycles. The zero-order valence-corrected chi connectivity index (χ0v) is 10.1. The lowest BCUT2D eigenvalue weighted by atomic mass is 10.1. The van der Waals surface area contributed by atoms with E-state index in [2.05, 4.69) is 5.32 Å². The molecule has 1 saturated heterocycles. The number of benzene rings is 1. The zero-order chi connectivity index (χ0) is 13.1. The van der Waals surface area contributed by atoms with E-state index in [0.717, 1.165) is 0 Å². The summed E-state index contributed by atoms with van der Waals surface area (Å²) in [6.07, 6.45) is -1.57. The molecule has 6 nitrogen and oxygen atoms in total. The Hall–Kier alpha value is -1.95. The number of anilines is 1. The Balaban J connectivity index is 2.27. The SMILES string of the molecule is O=C(O)NCc1cc(Cl)ccc1N1CCOC1=O. The Morgan fingerprint density at radius 3 is 2.94 bits per heavy atom. The number of carbonyl (C=O) groups is 2. The smallest absolute Gasteiger partial charge is 0.414 e. The first-order valence-electron chi connectivity index (χ1n) is 5.27. The molecule has 1 aromatic rings. The van der Waals surface area contributed by atoms with Crippen molar-refractivity contribution in [2.24, 2.45) is 0 Å². The fourth-order valence-corrected chi connectivity index (χ4v) is 1.94. The first-order valence-corrected chi connectivity index (χ1v) is 5.65. The molecule has 0 saturated carbocycles. The van der Waals surface area contributed by atoms with Gasteiger partial charge in [-0.3, -0.25) is 4.90 Å². The van der Waals surface area contributed by atoms with Crippen molar-refractivity contribution >= 4 is 29.5 Å². The Bertz CT molecular complexity index is 492. The van der Waals surface area contributed by atoms with Crippen molar-refractivity contribution in [3.63, 3.8) is 0 Å². The van der Waals surface area contributed by atoms with Crippen LogP contribution in [-0.4, -0.2) is 30.4 Å². The second-order valence-electron chi connectivity index (χ2n) is 3.70. The lowest BCUT2D eigenvalue weighted by molar-refractivity contribution is 0.181. The number of ether oxygens (including phenoxy) is 1. The molecule has 0 atom stereocenters.